The number of likely N-dealkylation sites (N-methyl/N-ethyl adjacent to an activating group) is 1. The second-order valence-electron chi connectivity index (χ2n) is 6.70. The molecule has 0 aromatic carbocycles. The van der Waals surface area contributed by atoms with Crippen molar-refractivity contribution in [2.24, 2.45) is 5.92 Å². The molecule has 0 radical (unpaired) electrons. The van der Waals surface area contributed by atoms with Crippen molar-refractivity contribution in [3.05, 3.63) is 23.9 Å². The Balaban J connectivity index is 1.72. The largest absolute Gasteiger partial charge is 0.383 e. The summed E-state index contributed by atoms with van der Waals surface area (Å²) >= 11 is 0. The van der Waals surface area contributed by atoms with E-state index in [0.29, 0.717) is 11.9 Å². The monoisotopic (exact) mass is 288 g/mol. The number of nitrogen functional groups attached to an aromatic ring is 1. The van der Waals surface area contributed by atoms with E-state index < -0.39 is 0 Å². The molecular weight excluding hydrogens is 260 g/mol. The van der Waals surface area contributed by atoms with Crippen LogP contribution in [0.15, 0.2) is 18.3 Å². The van der Waals surface area contributed by atoms with Gasteiger partial charge in [-0.15, -0.1) is 0 Å². The molecule has 1 aromatic rings. The van der Waals surface area contributed by atoms with Crippen molar-refractivity contribution in [3.8, 4) is 0 Å². The number of nitrogens with two attached hydrogens (primary N) is 1. The van der Waals surface area contributed by atoms with Gasteiger partial charge in [0.2, 0.25) is 0 Å². The minimum atomic E-state index is 0.526. The Morgan fingerprint density at radius 2 is 2.10 bits per heavy atom. The van der Waals surface area contributed by atoms with Crippen LogP contribution >= 0.6 is 0 Å². The van der Waals surface area contributed by atoms with Crippen LogP contribution in [0.4, 0.5) is 5.82 Å². The molecule has 1 aromatic heterocycles. The second-order valence-corrected chi connectivity index (χ2v) is 6.70. The van der Waals surface area contributed by atoms with Gasteiger partial charge in [0.15, 0.2) is 0 Å². The Morgan fingerprint density at radius 3 is 2.71 bits per heavy atom. The molecule has 0 spiro atoms. The van der Waals surface area contributed by atoms with Gasteiger partial charge < -0.3 is 16.0 Å². The summed E-state index contributed by atoms with van der Waals surface area (Å²) in [5.41, 5.74) is 7.23. The highest BCUT2D eigenvalue weighted by Crippen LogP contribution is 2.39. The molecule has 3 atom stereocenters. The van der Waals surface area contributed by atoms with Crippen molar-refractivity contribution in [3.63, 3.8) is 0 Å². The minimum absolute atomic E-state index is 0.526. The summed E-state index contributed by atoms with van der Waals surface area (Å²) in [6.07, 6.45) is 8.19. The first kappa shape index (κ1) is 14.8. The van der Waals surface area contributed by atoms with E-state index in [9.17, 15) is 0 Å². The van der Waals surface area contributed by atoms with E-state index in [0.717, 1.165) is 31.0 Å². The average Bonchev–Trinajstić information content (AvgIpc) is 2.71. The van der Waals surface area contributed by atoms with E-state index in [1.54, 1.807) is 6.20 Å². The topological polar surface area (TPSA) is 54.2 Å². The number of hydrogen-bond acceptors (Lipinski definition) is 4. The normalized spacial score (nSPS) is 30.5. The molecular formula is C17H28N4. The number of anilines is 1. The second kappa shape index (κ2) is 6.32. The summed E-state index contributed by atoms with van der Waals surface area (Å²) in [6, 6.07) is 6.23. The molecule has 2 aliphatic rings. The van der Waals surface area contributed by atoms with Gasteiger partial charge in [-0.05, 0) is 63.2 Å². The third kappa shape index (κ3) is 3.06. The predicted molar refractivity (Wildman–Crippen MR) is 87.1 cm³/mol. The van der Waals surface area contributed by atoms with Gasteiger partial charge in [0.05, 0.1) is 0 Å². The summed E-state index contributed by atoms with van der Waals surface area (Å²) in [6.45, 7) is 3.22. The maximum absolute atomic E-state index is 6.04. The number of rotatable bonds is 5. The van der Waals surface area contributed by atoms with E-state index >= 15 is 0 Å². The zero-order chi connectivity index (χ0) is 14.8. The molecule has 4 nitrogen and oxygen atoms in total. The average molecular weight is 288 g/mol. The molecule has 116 valence electrons. The maximum Gasteiger partial charge on any atom is 0.126 e. The zero-order valence-corrected chi connectivity index (χ0v) is 13.3. The molecule has 21 heavy (non-hydrogen) atoms. The molecule has 3 N–H and O–H groups in total. The fraction of sp³-hybridized carbons (Fsp3) is 0.706. The SMILES string of the molecule is CCNC(Cc1cccnc1N)C1CC2CCC(C1)N2C. The number of piperidine rings is 1. The highest BCUT2D eigenvalue weighted by molar-refractivity contribution is 5.39. The van der Waals surface area contributed by atoms with Crippen LogP contribution in [-0.2, 0) is 6.42 Å². The summed E-state index contributed by atoms with van der Waals surface area (Å²) in [4.78, 5) is 6.84. The Kier molecular flexibility index (Phi) is 4.45. The predicted octanol–water partition coefficient (Wildman–Crippen LogP) is 2.06. The quantitative estimate of drug-likeness (QED) is 0.871. The highest BCUT2D eigenvalue weighted by Gasteiger charge is 2.40. The number of nitrogens with zero attached hydrogens (tertiary/aromatic N) is 2. The Labute approximate surface area is 128 Å². The van der Waals surface area contributed by atoms with Gasteiger partial charge in [-0.2, -0.15) is 0 Å². The number of hydrogen-bond donors (Lipinski definition) is 2. The molecule has 4 heteroatoms. The van der Waals surface area contributed by atoms with Crippen LogP contribution in [0.5, 0.6) is 0 Å². The first-order valence-electron chi connectivity index (χ1n) is 8.33. The van der Waals surface area contributed by atoms with Crippen LogP contribution in [0.2, 0.25) is 0 Å². The fourth-order valence-electron chi connectivity index (χ4n) is 4.31. The summed E-state index contributed by atoms with van der Waals surface area (Å²) < 4.78 is 0. The number of fused-ring (bicyclic) bond motifs is 2. The first-order chi connectivity index (χ1) is 10.2. The molecule has 3 heterocycles. The van der Waals surface area contributed by atoms with Crippen LogP contribution in [-0.4, -0.2) is 41.6 Å². The van der Waals surface area contributed by atoms with Crippen LogP contribution in [0, 0.1) is 5.92 Å². The van der Waals surface area contributed by atoms with Crippen LogP contribution in [0.1, 0.15) is 38.2 Å². The summed E-state index contributed by atoms with van der Waals surface area (Å²) in [5.74, 6) is 1.45. The van der Waals surface area contributed by atoms with Crippen molar-refractivity contribution in [1.82, 2.24) is 15.2 Å². The first-order valence-corrected chi connectivity index (χ1v) is 8.33. The fourth-order valence-corrected chi connectivity index (χ4v) is 4.31. The van der Waals surface area contributed by atoms with Crippen LogP contribution < -0.4 is 11.1 Å². The third-order valence-corrected chi connectivity index (χ3v) is 5.54. The van der Waals surface area contributed by atoms with Gasteiger partial charge in [-0.1, -0.05) is 13.0 Å². The van der Waals surface area contributed by atoms with Crippen LogP contribution in [0.25, 0.3) is 0 Å². The van der Waals surface area contributed by atoms with Crippen LogP contribution in [0.3, 0.4) is 0 Å². The molecule has 2 fully saturated rings. The molecule has 0 amide bonds. The zero-order valence-electron chi connectivity index (χ0n) is 13.3. The lowest BCUT2D eigenvalue weighted by molar-refractivity contribution is 0.112. The number of nitrogens with one attached hydrogen (secondary N) is 1. The molecule has 0 aliphatic carbocycles. The van der Waals surface area contributed by atoms with Crippen molar-refractivity contribution < 1.29 is 0 Å². The van der Waals surface area contributed by atoms with Crippen molar-refractivity contribution in [2.75, 3.05) is 19.3 Å². The van der Waals surface area contributed by atoms with Gasteiger partial charge in [-0.3, -0.25) is 0 Å². The van der Waals surface area contributed by atoms with E-state index in [1.807, 2.05) is 6.07 Å². The molecule has 2 saturated heterocycles. The third-order valence-electron chi connectivity index (χ3n) is 5.54. The lowest BCUT2D eigenvalue weighted by Gasteiger charge is -2.40. The van der Waals surface area contributed by atoms with E-state index in [1.165, 1.54) is 31.2 Å². The van der Waals surface area contributed by atoms with Crippen molar-refractivity contribution in [2.45, 2.75) is 57.2 Å². The Bertz CT molecular complexity index is 462. The highest BCUT2D eigenvalue weighted by atomic mass is 15.2. The van der Waals surface area contributed by atoms with Gasteiger partial charge in [0, 0.05) is 24.3 Å². The van der Waals surface area contributed by atoms with Gasteiger partial charge >= 0.3 is 0 Å². The summed E-state index contributed by atoms with van der Waals surface area (Å²) in [7, 11) is 2.31. The van der Waals surface area contributed by atoms with Gasteiger partial charge in [0.1, 0.15) is 5.82 Å². The van der Waals surface area contributed by atoms with E-state index in [-0.39, 0.29) is 0 Å². The number of aromatic nitrogens is 1. The maximum atomic E-state index is 6.04. The van der Waals surface area contributed by atoms with E-state index in [4.69, 9.17) is 5.73 Å². The minimum Gasteiger partial charge on any atom is -0.383 e. The lowest BCUT2D eigenvalue weighted by Crippen LogP contribution is -2.47. The van der Waals surface area contributed by atoms with Crippen molar-refractivity contribution in [1.29, 1.82) is 0 Å². The molecule has 3 rings (SSSR count). The van der Waals surface area contributed by atoms with Crippen molar-refractivity contribution >= 4 is 5.82 Å². The molecule has 3 unspecified atom stereocenters. The molecule has 2 bridgehead atoms. The number of pyridine rings is 1. The Hall–Kier alpha value is -1.13. The standard InChI is InChI=1S/C17H28N4/c1-3-19-16(11-12-5-4-8-20-17(12)18)13-9-14-6-7-15(10-13)21(14)2/h4-5,8,13-16,19H,3,6-7,9-11H2,1-2H3,(H2,18,20). The Morgan fingerprint density at radius 1 is 1.38 bits per heavy atom. The summed E-state index contributed by atoms with van der Waals surface area (Å²) in [5, 5.41) is 3.71. The molecule has 0 saturated carbocycles. The lowest BCUT2D eigenvalue weighted by atomic mass is 9.82. The van der Waals surface area contributed by atoms with Gasteiger partial charge in [-0.25, -0.2) is 4.98 Å². The van der Waals surface area contributed by atoms with Gasteiger partial charge in [0.25, 0.3) is 0 Å². The smallest absolute Gasteiger partial charge is 0.126 e. The van der Waals surface area contributed by atoms with E-state index in [2.05, 4.69) is 35.2 Å². The molecule has 2 aliphatic heterocycles.